The fourth-order valence-corrected chi connectivity index (χ4v) is 6.56. The van der Waals surface area contributed by atoms with Gasteiger partial charge in [0.2, 0.25) is 11.8 Å². The summed E-state index contributed by atoms with van der Waals surface area (Å²) in [4.78, 5) is 52.5. The normalized spacial score (nSPS) is 20.0. The highest BCUT2D eigenvalue weighted by molar-refractivity contribution is 5.84. The molecule has 1 unspecified atom stereocenters. The Kier molecular flexibility index (Phi) is 12.4. The first-order chi connectivity index (χ1) is 21.2. The van der Waals surface area contributed by atoms with Crippen LogP contribution in [0.4, 0.5) is 0 Å². The van der Waals surface area contributed by atoms with E-state index in [1.165, 1.54) is 0 Å². The maximum absolute atomic E-state index is 13.9. The van der Waals surface area contributed by atoms with Gasteiger partial charge in [0.1, 0.15) is 13.2 Å². The first-order valence-corrected chi connectivity index (χ1v) is 16.3. The Bertz CT molecular complexity index is 1220. The lowest BCUT2D eigenvalue weighted by atomic mass is 9.75. The number of hydrogen-bond donors (Lipinski definition) is 2. The van der Waals surface area contributed by atoms with Crippen molar-refractivity contribution in [2.75, 3.05) is 0 Å². The molecule has 2 amide bonds. The molecule has 2 N–H and O–H groups in total. The Morgan fingerprint density at radius 3 is 1.95 bits per heavy atom. The van der Waals surface area contributed by atoms with Gasteiger partial charge in [-0.25, -0.2) is 0 Å². The molecule has 0 aromatic heterocycles. The molecule has 0 radical (unpaired) electrons. The van der Waals surface area contributed by atoms with Crippen LogP contribution in [0.3, 0.4) is 0 Å². The molecule has 0 saturated heterocycles. The topological polar surface area (TPSA) is 111 Å². The lowest BCUT2D eigenvalue weighted by molar-refractivity contribution is -0.152. The lowest BCUT2D eigenvalue weighted by Crippen LogP contribution is -2.47. The molecule has 4 rings (SSSR count). The van der Waals surface area contributed by atoms with Gasteiger partial charge in [-0.15, -0.1) is 0 Å². The zero-order valence-electron chi connectivity index (χ0n) is 26.2. The Morgan fingerprint density at radius 2 is 1.39 bits per heavy atom. The van der Waals surface area contributed by atoms with Gasteiger partial charge < -0.3 is 20.1 Å². The Morgan fingerprint density at radius 1 is 0.818 bits per heavy atom. The molecule has 0 heterocycles. The molecular formula is C36H48N2O6. The van der Waals surface area contributed by atoms with Crippen LogP contribution in [0.5, 0.6) is 0 Å². The number of nitrogens with one attached hydrogen (secondary N) is 2. The molecule has 0 bridgehead atoms. The predicted molar refractivity (Wildman–Crippen MR) is 168 cm³/mol. The molecule has 0 aliphatic heterocycles. The minimum Gasteiger partial charge on any atom is -0.461 e. The van der Waals surface area contributed by atoms with E-state index in [4.69, 9.17) is 9.47 Å². The van der Waals surface area contributed by atoms with Crippen molar-refractivity contribution < 1.29 is 28.7 Å². The maximum Gasteiger partial charge on any atom is 0.309 e. The van der Waals surface area contributed by atoms with E-state index in [2.05, 4.69) is 10.6 Å². The van der Waals surface area contributed by atoms with Gasteiger partial charge in [0, 0.05) is 18.5 Å². The number of carbonyl (C=O) groups is 4. The highest BCUT2D eigenvalue weighted by atomic mass is 16.5. The zero-order chi connectivity index (χ0) is 31.4. The summed E-state index contributed by atoms with van der Waals surface area (Å²) in [7, 11) is 0. The molecular weight excluding hydrogens is 556 g/mol. The summed E-state index contributed by atoms with van der Waals surface area (Å²) in [5.41, 5.74) is 1.19. The minimum absolute atomic E-state index is 0.0127. The standard InChI is InChI=1S/C36H48N2O6/c1-26(2)37-32(39)20-17-30(34(41)44-25-28-13-7-4-8-14-28)23-36(21-9-10-22-36)35(42)38-31-18-15-29(16-19-31)33(40)43-24-27-11-5-3-6-12-27/h3-8,11-14,26,29-31H,9-10,15-25H2,1-2H3,(H,37,39)(H,38,42). The van der Waals surface area contributed by atoms with Crippen LogP contribution in [0.25, 0.3) is 0 Å². The van der Waals surface area contributed by atoms with Crippen molar-refractivity contribution >= 4 is 23.8 Å². The summed E-state index contributed by atoms with van der Waals surface area (Å²) in [6.07, 6.45) is 6.93. The molecule has 8 heteroatoms. The van der Waals surface area contributed by atoms with Gasteiger partial charge in [-0.2, -0.15) is 0 Å². The molecule has 2 saturated carbocycles. The van der Waals surface area contributed by atoms with E-state index in [1.54, 1.807) is 0 Å². The first kappa shape index (κ1) is 33.2. The van der Waals surface area contributed by atoms with Gasteiger partial charge in [0.25, 0.3) is 0 Å². The van der Waals surface area contributed by atoms with Crippen molar-refractivity contribution in [3.05, 3.63) is 71.8 Å². The van der Waals surface area contributed by atoms with Crippen molar-refractivity contribution in [3.8, 4) is 0 Å². The number of ether oxygens (including phenoxy) is 2. The van der Waals surface area contributed by atoms with Crippen molar-refractivity contribution in [1.82, 2.24) is 10.6 Å². The molecule has 2 aliphatic carbocycles. The van der Waals surface area contributed by atoms with Crippen LogP contribution < -0.4 is 10.6 Å². The van der Waals surface area contributed by atoms with E-state index in [0.29, 0.717) is 51.4 Å². The van der Waals surface area contributed by atoms with E-state index in [1.807, 2.05) is 74.5 Å². The average Bonchev–Trinajstić information content (AvgIpc) is 3.51. The summed E-state index contributed by atoms with van der Waals surface area (Å²) in [6.45, 7) is 4.24. The van der Waals surface area contributed by atoms with Gasteiger partial charge in [-0.1, -0.05) is 73.5 Å². The maximum atomic E-state index is 13.9. The first-order valence-electron chi connectivity index (χ1n) is 16.3. The van der Waals surface area contributed by atoms with Crippen molar-refractivity contribution in [3.63, 3.8) is 0 Å². The molecule has 0 spiro atoms. The summed E-state index contributed by atoms with van der Waals surface area (Å²) in [5, 5.41) is 6.19. The second kappa shape index (κ2) is 16.4. The molecule has 2 aromatic carbocycles. The number of esters is 2. The molecule has 44 heavy (non-hydrogen) atoms. The second-order valence-electron chi connectivity index (χ2n) is 12.9. The third-order valence-corrected chi connectivity index (χ3v) is 9.03. The van der Waals surface area contributed by atoms with E-state index in [-0.39, 0.29) is 61.4 Å². The summed E-state index contributed by atoms with van der Waals surface area (Å²) in [5.74, 6) is -1.38. The number of hydrogen-bond acceptors (Lipinski definition) is 6. The Hall–Kier alpha value is -3.68. The molecule has 2 aromatic rings. The fraction of sp³-hybridized carbons (Fsp3) is 0.556. The van der Waals surface area contributed by atoms with Gasteiger partial charge in [0.05, 0.1) is 17.3 Å². The van der Waals surface area contributed by atoms with Crippen LogP contribution in [0.15, 0.2) is 60.7 Å². The predicted octanol–water partition coefficient (Wildman–Crippen LogP) is 6.02. The van der Waals surface area contributed by atoms with Crippen LogP contribution in [-0.2, 0) is 41.9 Å². The van der Waals surface area contributed by atoms with Gasteiger partial charge in [-0.3, -0.25) is 19.2 Å². The van der Waals surface area contributed by atoms with Crippen LogP contribution >= 0.6 is 0 Å². The van der Waals surface area contributed by atoms with Crippen LogP contribution in [0.1, 0.15) is 95.6 Å². The van der Waals surface area contributed by atoms with Crippen molar-refractivity contribution in [1.29, 1.82) is 0 Å². The highest BCUT2D eigenvalue weighted by Gasteiger charge is 2.45. The Balaban J connectivity index is 1.34. The third-order valence-electron chi connectivity index (χ3n) is 9.03. The number of rotatable bonds is 14. The smallest absolute Gasteiger partial charge is 0.309 e. The highest BCUT2D eigenvalue weighted by Crippen LogP contribution is 2.45. The van der Waals surface area contributed by atoms with Gasteiger partial charge >= 0.3 is 11.9 Å². The van der Waals surface area contributed by atoms with Gasteiger partial charge in [0.15, 0.2) is 0 Å². The molecule has 2 fully saturated rings. The summed E-state index contributed by atoms with van der Waals surface area (Å²) >= 11 is 0. The van der Waals surface area contributed by atoms with Crippen LogP contribution in [0.2, 0.25) is 0 Å². The molecule has 2 aliphatic rings. The van der Waals surface area contributed by atoms with Crippen LogP contribution in [-0.4, -0.2) is 35.8 Å². The average molecular weight is 605 g/mol. The number of benzene rings is 2. The van der Waals surface area contributed by atoms with Crippen molar-refractivity contribution in [2.24, 2.45) is 17.3 Å². The molecule has 8 nitrogen and oxygen atoms in total. The lowest BCUT2D eigenvalue weighted by Gasteiger charge is -2.35. The SMILES string of the molecule is CC(C)NC(=O)CCC(CC1(C(=O)NC2CCC(C(=O)OCc3ccccc3)CC2)CCCC1)C(=O)OCc1ccccc1. The summed E-state index contributed by atoms with van der Waals surface area (Å²) in [6, 6.07) is 19.2. The summed E-state index contributed by atoms with van der Waals surface area (Å²) < 4.78 is 11.3. The van der Waals surface area contributed by atoms with E-state index in [0.717, 1.165) is 24.0 Å². The number of carbonyl (C=O) groups excluding carboxylic acids is 4. The van der Waals surface area contributed by atoms with E-state index >= 15 is 0 Å². The largest absolute Gasteiger partial charge is 0.461 e. The zero-order valence-corrected chi connectivity index (χ0v) is 26.2. The van der Waals surface area contributed by atoms with Gasteiger partial charge in [-0.05, 0) is 76.3 Å². The van der Waals surface area contributed by atoms with Crippen LogP contribution in [0, 0.1) is 17.3 Å². The quantitative estimate of drug-likeness (QED) is 0.255. The Labute approximate surface area is 261 Å². The fourth-order valence-electron chi connectivity index (χ4n) is 6.56. The van der Waals surface area contributed by atoms with E-state index < -0.39 is 11.3 Å². The second-order valence-corrected chi connectivity index (χ2v) is 12.9. The van der Waals surface area contributed by atoms with E-state index in [9.17, 15) is 19.2 Å². The molecule has 238 valence electrons. The van der Waals surface area contributed by atoms with Crippen molar-refractivity contribution in [2.45, 2.75) is 110 Å². The molecule has 1 atom stereocenters. The minimum atomic E-state index is -0.670. The monoisotopic (exact) mass is 604 g/mol. The third kappa shape index (κ3) is 9.93. The number of amides is 2.